The highest BCUT2D eigenvalue weighted by molar-refractivity contribution is 5.94. The Morgan fingerprint density at radius 2 is 1.38 bits per heavy atom. The van der Waals surface area contributed by atoms with Gasteiger partial charge < -0.3 is 34.1 Å². The van der Waals surface area contributed by atoms with Crippen molar-refractivity contribution in [2.45, 2.75) is 45.4 Å². The van der Waals surface area contributed by atoms with Crippen LogP contribution >= 0.6 is 0 Å². The molecule has 1 aromatic rings. The van der Waals surface area contributed by atoms with E-state index in [1.54, 1.807) is 24.3 Å². The van der Waals surface area contributed by atoms with E-state index in [-0.39, 0.29) is 25.7 Å². The number of amides is 1. The van der Waals surface area contributed by atoms with Gasteiger partial charge in [-0.3, -0.25) is 4.79 Å². The van der Waals surface area contributed by atoms with Crippen LogP contribution in [0.3, 0.4) is 0 Å². The van der Waals surface area contributed by atoms with Crippen molar-refractivity contribution in [2.75, 3.05) is 71.4 Å². The first-order valence-electron chi connectivity index (χ1n) is 12.2. The summed E-state index contributed by atoms with van der Waals surface area (Å²) in [6.07, 6.45) is 5.93. The molecule has 0 bridgehead atoms. The van der Waals surface area contributed by atoms with Crippen molar-refractivity contribution in [3.8, 4) is 0 Å². The van der Waals surface area contributed by atoms with E-state index in [0.717, 1.165) is 19.3 Å². The first-order valence-corrected chi connectivity index (χ1v) is 12.2. The van der Waals surface area contributed by atoms with Crippen LogP contribution in [0, 0.1) is 0 Å². The van der Waals surface area contributed by atoms with E-state index in [2.05, 4.69) is 12.2 Å². The second-order valence-corrected chi connectivity index (χ2v) is 7.60. The molecule has 0 fully saturated rings. The summed E-state index contributed by atoms with van der Waals surface area (Å²) in [6.45, 7) is 5.49. The number of ether oxygens (including phenoxy) is 5. The Balaban J connectivity index is 2.06. The summed E-state index contributed by atoms with van der Waals surface area (Å²) in [6, 6.07) is 6.74. The molecule has 1 aromatic carbocycles. The van der Waals surface area contributed by atoms with Crippen molar-refractivity contribution in [3.63, 3.8) is 0 Å². The number of hydrogen-bond acceptors (Lipinski definition) is 8. The molecular formula is C25H41NO8. The lowest BCUT2D eigenvalue weighted by molar-refractivity contribution is -0.116. The minimum atomic E-state index is -0.462. The monoisotopic (exact) mass is 483 g/mol. The number of carbonyl (C=O) groups is 2. The first-order chi connectivity index (χ1) is 16.7. The van der Waals surface area contributed by atoms with Crippen molar-refractivity contribution in [2.24, 2.45) is 0 Å². The van der Waals surface area contributed by atoms with Gasteiger partial charge >= 0.3 is 5.97 Å². The minimum absolute atomic E-state index is 0.00843. The van der Waals surface area contributed by atoms with Crippen molar-refractivity contribution in [1.82, 2.24) is 0 Å². The summed E-state index contributed by atoms with van der Waals surface area (Å²) < 4.78 is 26.3. The van der Waals surface area contributed by atoms with Crippen LogP contribution in [0.25, 0.3) is 0 Å². The molecule has 2 N–H and O–H groups in total. The zero-order valence-corrected chi connectivity index (χ0v) is 20.4. The average Bonchev–Trinajstić information content (AvgIpc) is 2.84. The van der Waals surface area contributed by atoms with Gasteiger partial charge in [0.1, 0.15) is 6.61 Å². The highest BCUT2D eigenvalue weighted by Crippen LogP contribution is 2.13. The zero-order chi connectivity index (χ0) is 24.7. The highest BCUT2D eigenvalue weighted by Gasteiger charge is 2.09. The standard InChI is InChI=1S/C25H41NO8/c1-2-3-4-5-6-10-24(28)26-23-9-7-8-22(21-23)25(29)34-20-19-33-18-17-32-16-15-31-14-13-30-12-11-27/h7-9,21,27H,2-6,10-20H2,1H3,(H,26,28). The largest absolute Gasteiger partial charge is 0.460 e. The third-order valence-corrected chi connectivity index (χ3v) is 4.70. The van der Waals surface area contributed by atoms with Gasteiger partial charge in [0.25, 0.3) is 0 Å². The summed E-state index contributed by atoms with van der Waals surface area (Å²) in [7, 11) is 0. The average molecular weight is 484 g/mol. The molecule has 9 nitrogen and oxygen atoms in total. The fraction of sp³-hybridized carbons (Fsp3) is 0.680. The molecule has 194 valence electrons. The minimum Gasteiger partial charge on any atom is -0.460 e. The van der Waals surface area contributed by atoms with E-state index in [0.29, 0.717) is 63.9 Å². The topological polar surface area (TPSA) is 113 Å². The molecule has 0 saturated heterocycles. The molecule has 0 radical (unpaired) electrons. The summed E-state index contributed by atoms with van der Waals surface area (Å²) in [5, 5.41) is 11.4. The molecule has 0 aliphatic carbocycles. The van der Waals surface area contributed by atoms with Crippen LogP contribution < -0.4 is 5.32 Å². The maximum absolute atomic E-state index is 12.2. The Morgan fingerprint density at radius 3 is 2.00 bits per heavy atom. The quantitative estimate of drug-likeness (QED) is 0.191. The molecule has 0 aliphatic heterocycles. The summed E-state index contributed by atoms with van der Waals surface area (Å²) >= 11 is 0. The zero-order valence-electron chi connectivity index (χ0n) is 20.4. The Bertz CT molecular complexity index is 656. The number of carbonyl (C=O) groups excluding carboxylic acids is 2. The Kier molecular flexibility index (Phi) is 19.0. The molecule has 9 heteroatoms. The molecule has 0 saturated carbocycles. The second kappa shape index (κ2) is 21.5. The van der Waals surface area contributed by atoms with Crippen LogP contribution in [-0.2, 0) is 28.5 Å². The Morgan fingerprint density at radius 1 is 0.794 bits per heavy atom. The number of rotatable bonds is 22. The molecular weight excluding hydrogens is 442 g/mol. The van der Waals surface area contributed by atoms with E-state index < -0.39 is 5.97 Å². The number of unbranched alkanes of at least 4 members (excludes halogenated alkanes) is 4. The van der Waals surface area contributed by atoms with E-state index in [9.17, 15) is 9.59 Å². The van der Waals surface area contributed by atoms with Crippen LogP contribution in [0.5, 0.6) is 0 Å². The molecule has 0 unspecified atom stereocenters. The van der Waals surface area contributed by atoms with Crippen molar-refractivity contribution in [3.05, 3.63) is 29.8 Å². The Labute approximate surface area is 203 Å². The SMILES string of the molecule is CCCCCCCC(=O)Nc1cccc(C(=O)OCCOCCOCCOCCOCCO)c1. The summed E-state index contributed by atoms with van der Waals surface area (Å²) in [4.78, 5) is 24.3. The molecule has 0 spiro atoms. The predicted molar refractivity (Wildman–Crippen MR) is 129 cm³/mol. The second-order valence-electron chi connectivity index (χ2n) is 7.60. The lowest BCUT2D eigenvalue weighted by Gasteiger charge is -2.09. The number of anilines is 1. The third kappa shape index (κ3) is 16.6. The predicted octanol–water partition coefficient (Wildman–Crippen LogP) is 3.20. The maximum atomic E-state index is 12.2. The summed E-state index contributed by atoms with van der Waals surface area (Å²) in [5.41, 5.74) is 0.967. The van der Waals surface area contributed by atoms with Crippen LogP contribution in [0.1, 0.15) is 55.8 Å². The molecule has 34 heavy (non-hydrogen) atoms. The third-order valence-electron chi connectivity index (χ3n) is 4.70. The number of benzene rings is 1. The number of hydrogen-bond donors (Lipinski definition) is 2. The number of aliphatic hydroxyl groups is 1. The van der Waals surface area contributed by atoms with Crippen molar-refractivity contribution in [1.29, 1.82) is 0 Å². The van der Waals surface area contributed by atoms with Crippen LogP contribution in [0.2, 0.25) is 0 Å². The van der Waals surface area contributed by atoms with Gasteiger partial charge in [-0.2, -0.15) is 0 Å². The van der Waals surface area contributed by atoms with E-state index >= 15 is 0 Å². The van der Waals surface area contributed by atoms with Gasteiger partial charge in [0.2, 0.25) is 5.91 Å². The number of aliphatic hydroxyl groups excluding tert-OH is 1. The molecule has 1 amide bonds. The fourth-order valence-corrected chi connectivity index (χ4v) is 2.94. The molecule has 0 heterocycles. The van der Waals surface area contributed by atoms with Gasteiger partial charge in [-0.05, 0) is 24.6 Å². The van der Waals surface area contributed by atoms with Crippen molar-refractivity contribution < 1.29 is 38.4 Å². The Hall–Kier alpha value is -2.04. The highest BCUT2D eigenvalue weighted by atomic mass is 16.6. The normalized spacial score (nSPS) is 10.9. The van der Waals surface area contributed by atoms with Crippen LogP contribution in [-0.4, -0.2) is 83.1 Å². The van der Waals surface area contributed by atoms with Crippen molar-refractivity contribution >= 4 is 17.6 Å². The van der Waals surface area contributed by atoms with Crippen LogP contribution in [0.15, 0.2) is 24.3 Å². The molecule has 0 aromatic heterocycles. The fourth-order valence-electron chi connectivity index (χ4n) is 2.94. The van der Waals surface area contributed by atoms with Gasteiger partial charge in [-0.1, -0.05) is 38.7 Å². The smallest absolute Gasteiger partial charge is 0.338 e. The lowest BCUT2D eigenvalue weighted by atomic mass is 10.1. The van der Waals surface area contributed by atoms with Gasteiger partial charge in [-0.25, -0.2) is 4.79 Å². The molecule has 0 atom stereocenters. The maximum Gasteiger partial charge on any atom is 0.338 e. The van der Waals surface area contributed by atoms with Gasteiger partial charge in [0.15, 0.2) is 0 Å². The molecule has 0 aliphatic rings. The van der Waals surface area contributed by atoms with Gasteiger partial charge in [-0.15, -0.1) is 0 Å². The lowest BCUT2D eigenvalue weighted by Crippen LogP contribution is -2.15. The van der Waals surface area contributed by atoms with E-state index in [1.165, 1.54) is 12.8 Å². The summed E-state index contributed by atoms with van der Waals surface area (Å²) in [5.74, 6) is -0.508. The van der Waals surface area contributed by atoms with Gasteiger partial charge in [0.05, 0.1) is 65.0 Å². The van der Waals surface area contributed by atoms with E-state index in [4.69, 9.17) is 28.8 Å². The van der Waals surface area contributed by atoms with Crippen LogP contribution in [0.4, 0.5) is 5.69 Å². The number of esters is 1. The first kappa shape index (κ1) is 30.0. The number of nitrogens with one attached hydrogen (secondary N) is 1. The molecule has 1 rings (SSSR count). The van der Waals surface area contributed by atoms with E-state index in [1.807, 2.05) is 0 Å². The van der Waals surface area contributed by atoms with Gasteiger partial charge in [0, 0.05) is 12.1 Å².